The standard InChI is InChI=1S/C16H12F3NO4S/c1-20-13-6-5-12(8-14(13)24-15(20)21)25(22,23)9-10-3-2-4-11(7-10)16(17,18)19/h2-8H,9H2,1H3. The average molecular weight is 371 g/mol. The van der Waals surface area contributed by atoms with Crippen molar-refractivity contribution < 1.29 is 26.0 Å². The maximum atomic E-state index is 12.7. The number of rotatable bonds is 3. The highest BCUT2D eigenvalue weighted by Gasteiger charge is 2.30. The third-order valence-corrected chi connectivity index (χ3v) is 5.42. The Labute approximate surface area is 140 Å². The number of aryl methyl sites for hydroxylation is 1. The van der Waals surface area contributed by atoms with Crippen LogP contribution >= 0.6 is 0 Å². The molecule has 0 unspecified atom stereocenters. The molecule has 0 aliphatic carbocycles. The summed E-state index contributed by atoms with van der Waals surface area (Å²) in [5.41, 5.74) is -0.380. The average Bonchev–Trinajstić information content (AvgIpc) is 2.80. The zero-order chi connectivity index (χ0) is 18.4. The lowest BCUT2D eigenvalue weighted by atomic mass is 10.1. The fraction of sp³-hybridized carbons (Fsp3) is 0.188. The van der Waals surface area contributed by atoms with Crippen LogP contribution in [0.15, 0.2) is 56.6 Å². The fourth-order valence-corrected chi connectivity index (χ4v) is 3.79. The number of aromatic nitrogens is 1. The van der Waals surface area contributed by atoms with Gasteiger partial charge in [-0.2, -0.15) is 13.2 Å². The van der Waals surface area contributed by atoms with Crippen LogP contribution in [0.2, 0.25) is 0 Å². The van der Waals surface area contributed by atoms with Crippen LogP contribution in [-0.2, 0) is 28.8 Å². The molecule has 0 saturated carbocycles. The number of fused-ring (bicyclic) bond motifs is 1. The van der Waals surface area contributed by atoms with Crippen LogP contribution in [0, 0.1) is 0 Å². The molecule has 5 nitrogen and oxygen atoms in total. The number of nitrogens with zero attached hydrogens (tertiary/aromatic N) is 1. The zero-order valence-electron chi connectivity index (χ0n) is 12.9. The summed E-state index contributed by atoms with van der Waals surface area (Å²) < 4.78 is 69.4. The number of halogens is 3. The van der Waals surface area contributed by atoms with Crippen LogP contribution in [0.3, 0.4) is 0 Å². The molecule has 0 aliphatic heterocycles. The van der Waals surface area contributed by atoms with E-state index in [0.717, 1.165) is 18.2 Å². The maximum absolute atomic E-state index is 12.7. The first-order valence-electron chi connectivity index (χ1n) is 7.06. The molecule has 0 radical (unpaired) electrons. The van der Waals surface area contributed by atoms with Crippen molar-refractivity contribution in [2.45, 2.75) is 16.8 Å². The monoisotopic (exact) mass is 371 g/mol. The number of hydrogen-bond donors (Lipinski definition) is 0. The lowest BCUT2D eigenvalue weighted by molar-refractivity contribution is -0.137. The lowest BCUT2D eigenvalue weighted by Gasteiger charge is -2.09. The third kappa shape index (κ3) is 3.32. The Balaban J connectivity index is 1.99. The first-order chi connectivity index (χ1) is 11.6. The number of hydrogen-bond acceptors (Lipinski definition) is 4. The summed E-state index contributed by atoms with van der Waals surface area (Å²) in [7, 11) is -2.43. The van der Waals surface area contributed by atoms with Gasteiger partial charge in [-0.15, -0.1) is 0 Å². The Morgan fingerprint density at radius 3 is 2.52 bits per heavy atom. The van der Waals surface area contributed by atoms with Crippen molar-refractivity contribution >= 4 is 20.9 Å². The molecule has 2 aromatic carbocycles. The minimum atomic E-state index is -4.55. The topological polar surface area (TPSA) is 69.3 Å². The molecule has 25 heavy (non-hydrogen) atoms. The Morgan fingerprint density at radius 1 is 1.12 bits per heavy atom. The van der Waals surface area contributed by atoms with Gasteiger partial charge in [-0.1, -0.05) is 18.2 Å². The maximum Gasteiger partial charge on any atom is 0.419 e. The van der Waals surface area contributed by atoms with Crippen molar-refractivity contribution in [3.63, 3.8) is 0 Å². The van der Waals surface area contributed by atoms with E-state index in [2.05, 4.69) is 0 Å². The molecule has 0 bridgehead atoms. The Kier molecular flexibility index (Phi) is 3.98. The van der Waals surface area contributed by atoms with Gasteiger partial charge in [0.05, 0.1) is 21.7 Å². The summed E-state index contributed by atoms with van der Waals surface area (Å²) in [6, 6.07) is 8.06. The van der Waals surface area contributed by atoms with E-state index in [-0.39, 0.29) is 16.0 Å². The predicted octanol–water partition coefficient (Wildman–Crippen LogP) is 3.12. The van der Waals surface area contributed by atoms with Gasteiger partial charge in [0.25, 0.3) is 0 Å². The normalized spacial score (nSPS) is 12.6. The molecular formula is C16H12F3NO4S. The second-order valence-electron chi connectivity index (χ2n) is 5.51. The summed E-state index contributed by atoms with van der Waals surface area (Å²) in [6.07, 6.45) is -4.55. The second kappa shape index (κ2) is 5.76. The lowest BCUT2D eigenvalue weighted by Crippen LogP contribution is -2.09. The Bertz CT molecular complexity index is 1110. The third-order valence-electron chi connectivity index (χ3n) is 3.73. The molecule has 3 rings (SSSR count). The molecule has 0 saturated heterocycles. The van der Waals surface area contributed by atoms with E-state index in [4.69, 9.17) is 4.42 Å². The van der Waals surface area contributed by atoms with Crippen molar-refractivity contribution in [1.82, 2.24) is 4.57 Å². The van der Waals surface area contributed by atoms with Crippen molar-refractivity contribution in [3.05, 3.63) is 64.1 Å². The molecule has 1 aromatic heterocycles. The molecule has 0 amide bonds. The van der Waals surface area contributed by atoms with E-state index in [1.165, 1.54) is 35.9 Å². The second-order valence-corrected chi connectivity index (χ2v) is 7.50. The summed E-state index contributed by atoms with van der Waals surface area (Å²) in [5, 5.41) is 0. The van der Waals surface area contributed by atoms with Gasteiger partial charge in [-0.05, 0) is 23.8 Å². The largest absolute Gasteiger partial charge is 0.419 e. The van der Waals surface area contributed by atoms with E-state index in [9.17, 15) is 26.4 Å². The van der Waals surface area contributed by atoms with Gasteiger partial charge < -0.3 is 4.42 Å². The fourth-order valence-electron chi connectivity index (χ4n) is 2.45. The molecule has 0 aliphatic rings. The predicted molar refractivity (Wildman–Crippen MR) is 83.8 cm³/mol. The van der Waals surface area contributed by atoms with Crippen molar-refractivity contribution in [2.75, 3.05) is 0 Å². The SMILES string of the molecule is Cn1c(=O)oc2cc(S(=O)(=O)Cc3cccc(C(F)(F)F)c3)ccc21. The van der Waals surface area contributed by atoms with Gasteiger partial charge in [0, 0.05) is 13.1 Å². The molecule has 1 heterocycles. The number of benzene rings is 2. The van der Waals surface area contributed by atoms with Crippen molar-refractivity contribution in [3.8, 4) is 0 Å². The van der Waals surface area contributed by atoms with Gasteiger partial charge in [0.2, 0.25) is 0 Å². The summed E-state index contributed by atoms with van der Waals surface area (Å²) in [6.45, 7) is 0. The van der Waals surface area contributed by atoms with E-state index in [1.54, 1.807) is 0 Å². The molecule has 3 aromatic rings. The van der Waals surface area contributed by atoms with E-state index in [1.807, 2.05) is 0 Å². The zero-order valence-corrected chi connectivity index (χ0v) is 13.7. The number of oxazole rings is 1. The molecule has 0 fully saturated rings. The minimum Gasteiger partial charge on any atom is -0.408 e. The Hall–Kier alpha value is -2.55. The number of alkyl halides is 3. The molecule has 132 valence electrons. The van der Waals surface area contributed by atoms with Crippen LogP contribution in [0.25, 0.3) is 11.1 Å². The van der Waals surface area contributed by atoms with Crippen molar-refractivity contribution in [2.24, 2.45) is 7.05 Å². The van der Waals surface area contributed by atoms with Crippen LogP contribution in [-0.4, -0.2) is 13.0 Å². The van der Waals surface area contributed by atoms with Crippen LogP contribution in [0.5, 0.6) is 0 Å². The summed E-state index contributed by atoms with van der Waals surface area (Å²) in [5.74, 6) is -1.23. The first kappa shape index (κ1) is 17.3. The van der Waals surface area contributed by atoms with Crippen LogP contribution < -0.4 is 5.76 Å². The highest BCUT2D eigenvalue weighted by Crippen LogP contribution is 2.30. The first-order valence-corrected chi connectivity index (χ1v) is 8.72. The van der Waals surface area contributed by atoms with Gasteiger partial charge in [0.1, 0.15) is 0 Å². The molecule has 0 N–H and O–H groups in total. The minimum absolute atomic E-state index is 0.0180. The number of sulfone groups is 1. The smallest absolute Gasteiger partial charge is 0.408 e. The van der Waals surface area contributed by atoms with Crippen molar-refractivity contribution in [1.29, 1.82) is 0 Å². The van der Waals surface area contributed by atoms with E-state index in [0.29, 0.717) is 5.52 Å². The van der Waals surface area contributed by atoms with Gasteiger partial charge in [0.15, 0.2) is 15.4 Å². The highest BCUT2D eigenvalue weighted by atomic mass is 32.2. The molecule has 0 spiro atoms. The quantitative estimate of drug-likeness (QED) is 0.709. The molecule has 9 heteroatoms. The Morgan fingerprint density at radius 2 is 1.84 bits per heavy atom. The highest BCUT2D eigenvalue weighted by molar-refractivity contribution is 7.90. The van der Waals surface area contributed by atoms with Crippen LogP contribution in [0.4, 0.5) is 13.2 Å². The summed E-state index contributed by atoms with van der Waals surface area (Å²) >= 11 is 0. The van der Waals surface area contributed by atoms with Crippen LogP contribution in [0.1, 0.15) is 11.1 Å². The van der Waals surface area contributed by atoms with E-state index < -0.39 is 33.1 Å². The molecular weight excluding hydrogens is 359 g/mol. The van der Waals surface area contributed by atoms with E-state index >= 15 is 0 Å². The molecule has 0 atom stereocenters. The van der Waals surface area contributed by atoms with Gasteiger partial charge >= 0.3 is 11.9 Å². The van der Waals surface area contributed by atoms with Gasteiger partial charge in [-0.25, -0.2) is 13.2 Å². The van der Waals surface area contributed by atoms with Gasteiger partial charge in [-0.3, -0.25) is 4.57 Å². The summed E-state index contributed by atoms with van der Waals surface area (Å²) in [4.78, 5) is 11.3.